The number of nitrogens with one attached hydrogen (secondary N) is 1. The lowest BCUT2D eigenvalue weighted by atomic mass is 9.97. The van der Waals surface area contributed by atoms with Gasteiger partial charge in [0.1, 0.15) is 30.5 Å². The average molecular weight is 872 g/mol. The quantitative estimate of drug-likeness (QED) is 0.0513. The summed E-state index contributed by atoms with van der Waals surface area (Å²) >= 11 is 0. The Kier molecular flexibility index (Phi) is 39.9. The molecule has 5 unspecified atom stereocenters. The van der Waals surface area contributed by atoms with E-state index in [0.29, 0.717) is 45.9 Å². The zero-order chi connectivity index (χ0) is 44.6. The smallest absolute Gasteiger partial charge is 0.220 e. The fourth-order valence-electron chi connectivity index (χ4n) is 8.00. The highest BCUT2D eigenvalue weighted by Gasteiger charge is 2.49. The summed E-state index contributed by atoms with van der Waals surface area (Å²) in [4.78, 5) is 13.3. The molecule has 0 radical (unpaired) electrons. The molecular formula is C51H101NO9. The van der Waals surface area contributed by atoms with Crippen LogP contribution in [0.3, 0.4) is 0 Å². The number of rotatable bonds is 45. The molecule has 364 valence electrons. The van der Waals surface area contributed by atoms with Crippen molar-refractivity contribution in [2.24, 2.45) is 0 Å². The Balaban J connectivity index is 2.68. The molecule has 1 rings (SSSR count). The molecule has 1 amide bonds. The summed E-state index contributed by atoms with van der Waals surface area (Å²) in [6.07, 6.45) is 29.6. The molecule has 61 heavy (non-hydrogen) atoms. The van der Waals surface area contributed by atoms with Crippen molar-refractivity contribution in [3.63, 3.8) is 0 Å². The van der Waals surface area contributed by atoms with Crippen molar-refractivity contribution in [1.29, 1.82) is 0 Å². The van der Waals surface area contributed by atoms with E-state index in [9.17, 15) is 15.0 Å². The molecule has 1 aliphatic heterocycles. The Morgan fingerprint density at radius 2 is 0.918 bits per heavy atom. The van der Waals surface area contributed by atoms with Crippen LogP contribution in [-0.4, -0.2) is 105 Å². The van der Waals surface area contributed by atoms with Gasteiger partial charge >= 0.3 is 0 Å². The van der Waals surface area contributed by atoms with Crippen LogP contribution >= 0.6 is 0 Å². The molecule has 1 heterocycles. The van der Waals surface area contributed by atoms with Crippen molar-refractivity contribution < 1.29 is 43.4 Å². The first-order chi connectivity index (χ1) is 29.9. The molecule has 1 fully saturated rings. The standard InChI is InChI=1S/C51H101NO9/c1-7-13-18-19-20-21-22-23-24-25-26-27-28-29-30-31-32-33-34-35-36-46(54)52-43(47(55)44(53)12-6)41-60-51-50(59-40-17-11-5)49(58-39-16-10-4)48(57-38-15-9-3)45(61-51)42-56-37-14-8-2/h43-45,47-51,53,55H,7-42H2,1-6H3,(H,52,54)/t43-,44+,45?,47-,48?,49?,50?,51?/m0/s1. The second kappa shape index (κ2) is 41.8. The van der Waals surface area contributed by atoms with Gasteiger partial charge in [-0.15, -0.1) is 0 Å². The van der Waals surface area contributed by atoms with Crippen LogP contribution in [0.15, 0.2) is 0 Å². The maximum Gasteiger partial charge on any atom is 0.220 e. The molecule has 3 N–H and O–H groups in total. The first-order valence-corrected chi connectivity index (χ1v) is 26.2. The van der Waals surface area contributed by atoms with Gasteiger partial charge < -0.3 is 44.0 Å². The van der Waals surface area contributed by atoms with Crippen LogP contribution < -0.4 is 5.32 Å². The number of ether oxygens (including phenoxy) is 6. The van der Waals surface area contributed by atoms with E-state index >= 15 is 0 Å². The van der Waals surface area contributed by atoms with E-state index in [1.165, 1.54) is 109 Å². The lowest BCUT2D eigenvalue weighted by molar-refractivity contribution is -0.325. The lowest BCUT2D eigenvalue weighted by Crippen LogP contribution is -2.63. The minimum absolute atomic E-state index is 0.0615. The average Bonchev–Trinajstić information content (AvgIpc) is 3.26. The van der Waals surface area contributed by atoms with Crippen molar-refractivity contribution in [3.8, 4) is 0 Å². The molecule has 10 heteroatoms. The zero-order valence-corrected chi connectivity index (χ0v) is 40.8. The summed E-state index contributed by atoms with van der Waals surface area (Å²) in [5, 5.41) is 24.9. The Morgan fingerprint density at radius 3 is 1.38 bits per heavy atom. The van der Waals surface area contributed by atoms with Gasteiger partial charge in [-0.1, -0.05) is 189 Å². The van der Waals surface area contributed by atoms with Crippen molar-refractivity contribution in [2.75, 3.05) is 39.6 Å². The minimum Gasteiger partial charge on any atom is -0.390 e. The SMILES string of the molecule is CCCCCCCCCCCCCCCCCCCCCCC(=O)N[C@@H](COC1OC(COCCCC)C(OCCCC)C(OCCCC)C1OCCCC)[C@H](O)[C@H](O)CC. The third-order valence-electron chi connectivity index (χ3n) is 12.2. The summed E-state index contributed by atoms with van der Waals surface area (Å²) in [5.41, 5.74) is 0. The number of carbonyl (C=O) groups excluding carboxylic acids is 1. The Morgan fingerprint density at radius 1 is 0.508 bits per heavy atom. The van der Waals surface area contributed by atoms with E-state index in [1.807, 2.05) is 6.92 Å². The molecule has 1 aliphatic rings. The normalized spacial score (nSPS) is 20.8. The van der Waals surface area contributed by atoms with Gasteiger partial charge in [0.2, 0.25) is 5.91 Å². The lowest BCUT2D eigenvalue weighted by Gasteiger charge is -2.46. The maximum atomic E-state index is 13.3. The predicted octanol–water partition coefficient (Wildman–Crippen LogP) is 11.9. The number of hydrogen-bond acceptors (Lipinski definition) is 9. The van der Waals surface area contributed by atoms with Gasteiger partial charge in [-0.25, -0.2) is 0 Å². The van der Waals surface area contributed by atoms with E-state index in [0.717, 1.165) is 70.6 Å². The predicted molar refractivity (Wildman–Crippen MR) is 251 cm³/mol. The van der Waals surface area contributed by atoms with Crippen molar-refractivity contribution in [2.45, 2.75) is 283 Å². The number of aliphatic hydroxyl groups excluding tert-OH is 2. The van der Waals surface area contributed by atoms with Gasteiger partial charge in [-0.05, 0) is 38.5 Å². The number of carbonyl (C=O) groups is 1. The van der Waals surface area contributed by atoms with Gasteiger partial charge in [-0.2, -0.15) is 0 Å². The van der Waals surface area contributed by atoms with E-state index in [-0.39, 0.29) is 12.5 Å². The van der Waals surface area contributed by atoms with Crippen LogP contribution in [0, 0.1) is 0 Å². The molecule has 0 spiro atoms. The van der Waals surface area contributed by atoms with Crippen LogP contribution in [0.25, 0.3) is 0 Å². The van der Waals surface area contributed by atoms with Crippen molar-refractivity contribution >= 4 is 5.91 Å². The maximum absolute atomic E-state index is 13.3. The highest BCUT2D eigenvalue weighted by Crippen LogP contribution is 2.31. The van der Waals surface area contributed by atoms with Crippen LogP contribution in [0.5, 0.6) is 0 Å². The third kappa shape index (κ3) is 29.3. The van der Waals surface area contributed by atoms with E-state index in [1.54, 1.807) is 0 Å². The minimum atomic E-state index is -1.21. The molecule has 0 saturated carbocycles. The molecule has 0 aromatic heterocycles. The zero-order valence-electron chi connectivity index (χ0n) is 40.8. The Hall–Kier alpha value is -0.850. The topological polar surface area (TPSA) is 125 Å². The molecule has 10 nitrogen and oxygen atoms in total. The van der Waals surface area contributed by atoms with Gasteiger partial charge in [0.15, 0.2) is 6.29 Å². The Labute approximate surface area is 376 Å². The molecule has 0 aromatic rings. The van der Waals surface area contributed by atoms with Crippen LogP contribution in [0.1, 0.15) is 234 Å². The number of unbranched alkanes of at least 4 members (excludes halogenated alkanes) is 23. The first-order valence-electron chi connectivity index (χ1n) is 26.2. The monoisotopic (exact) mass is 872 g/mol. The number of hydrogen-bond donors (Lipinski definition) is 3. The van der Waals surface area contributed by atoms with Gasteiger partial charge in [0.25, 0.3) is 0 Å². The molecular weight excluding hydrogens is 771 g/mol. The van der Waals surface area contributed by atoms with Crippen LogP contribution in [-0.2, 0) is 33.2 Å². The fraction of sp³-hybridized carbons (Fsp3) is 0.980. The molecule has 1 saturated heterocycles. The van der Waals surface area contributed by atoms with E-state index < -0.39 is 49.0 Å². The highest BCUT2D eigenvalue weighted by molar-refractivity contribution is 5.76. The Bertz CT molecular complexity index is 944. The van der Waals surface area contributed by atoms with Crippen LogP contribution in [0.2, 0.25) is 0 Å². The second-order valence-electron chi connectivity index (χ2n) is 18.0. The third-order valence-corrected chi connectivity index (χ3v) is 12.2. The van der Waals surface area contributed by atoms with E-state index in [4.69, 9.17) is 28.4 Å². The van der Waals surface area contributed by atoms with Crippen LogP contribution in [0.4, 0.5) is 0 Å². The summed E-state index contributed by atoms with van der Waals surface area (Å²) in [6, 6.07) is -0.829. The summed E-state index contributed by atoms with van der Waals surface area (Å²) in [5.74, 6) is -0.147. The summed E-state index contributed by atoms with van der Waals surface area (Å²) in [7, 11) is 0. The highest BCUT2D eigenvalue weighted by atomic mass is 16.7. The summed E-state index contributed by atoms with van der Waals surface area (Å²) in [6.45, 7) is 15.2. The molecule has 0 aromatic carbocycles. The van der Waals surface area contributed by atoms with Gasteiger partial charge in [-0.3, -0.25) is 4.79 Å². The summed E-state index contributed by atoms with van der Waals surface area (Å²) < 4.78 is 38.8. The van der Waals surface area contributed by atoms with E-state index in [2.05, 4.69) is 39.9 Å². The van der Waals surface area contributed by atoms with Gasteiger partial charge in [0, 0.05) is 32.8 Å². The molecule has 0 bridgehead atoms. The molecule has 8 atom stereocenters. The second-order valence-corrected chi connectivity index (χ2v) is 18.0. The fourth-order valence-corrected chi connectivity index (χ4v) is 8.00. The van der Waals surface area contributed by atoms with Crippen molar-refractivity contribution in [3.05, 3.63) is 0 Å². The largest absolute Gasteiger partial charge is 0.390 e. The van der Waals surface area contributed by atoms with Crippen molar-refractivity contribution in [1.82, 2.24) is 5.32 Å². The molecule has 0 aliphatic carbocycles. The number of amides is 1. The first kappa shape index (κ1) is 58.2. The van der Waals surface area contributed by atoms with Gasteiger partial charge in [0.05, 0.1) is 25.4 Å². The number of aliphatic hydroxyl groups is 2.